The summed E-state index contributed by atoms with van der Waals surface area (Å²) in [4.78, 5) is 27.8. The van der Waals surface area contributed by atoms with Crippen LogP contribution in [0.15, 0.2) is 59.8 Å². The van der Waals surface area contributed by atoms with Crippen LogP contribution < -0.4 is 0 Å². The molecule has 5 nitrogen and oxygen atoms in total. The zero-order chi connectivity index (χ0) is 21.7. The van der Waals surface area contributed by atoms with Crippen LogP contribution in [0.5, 0.6) is 0 Å². The Balaban J connectivity index is 2.02. The van der Waals surface area contributed by atoms with E-state index in [0.29, 0.717) is 29.4 Å². The van der Waals surface area contributed by atoms with Crippen LogP contribution in [0.2, 0.25) is 5.02 Å². The second-order valence-corrected chi connectivity index (χ2v) is 7.72. The van der Waals surface area contributed by atoms with E-state index in [2.05, 4.69) is 0 Å². The molecule has 6 heteroatoms. The Bertz CT molecular complexity index is 969. The lowest BCUT2D eigenvalue weighted by Gasteiger charge is -2.35. The first-order valence-electron chi connectivity index (χ1n) is 9.90. The van der Waals surface area contributed by atoms with E-state index in [1.165, 1.54) is 0 Å². The summed E-state index contributed by atoms with van der Waals surface area (Å²) in [6.07, 6.45) is 0.154. The normalized spacial score (nSPS) is 16.7. The first-order chi connectivity index (χ1) is 14.4. The van der Waals surface area contributed by atoms with Gasteiger partial charge in [-0.1, -0.05) is 54.1 Å². The van der Waals surface area contributed by atoms with E-state index in [1.807, 2.05) is 49.4 Å². The number of aryl methyl sites for hydroxylation is 1. The maximum atomic E-state index is 13.1. The van der Waals surface area contributed by atoms with Gasteiger partial charge in [0.25, 0.3) is 0 Å². The molecule has 0 aromatic heterocycles. The van der Waals surface area contributed by atoms with Crippen molar-refractivity contribution in [1.82, 2.24) is 4.90 Å². The quantitative estimate of drug-likeness (QED) is 0.477. The summed E-state index contributed by atoms with van der Waals surface area (Å²) < 4.78 is 10.4. The molecule has 0 aliphatic carbocycles. The SMILES string of the molecule is COCCOC(=O)C1=C(C)N(Cc2ccccc2C)C(=O)CC1c1ccccc1Cl. The van der Waals surface area contributed by atoms with Crippen molar-refractivity contribution >= 4 is 23.5 Å². The molecule has 1 unspecified atom stereocenters. The first-order valence-corrected chi connectivity index (χ1v) is 10.3. The zero-order valence-corrected chi connectivity index (χ0v) is 18.2. The van der Waals surface area contributed by atoms with E-state index >= 15 is 0 Å². The van der Waals surface area contributed by atoms with Gasteiger partial charge >= 0.3 is 5.97 Å². The Kier molecular flexibility index (Phi) is 7.29. The Labute approximate surface area is 182 Å². The van der Waals surface area contributed by atoms with Gasteiger partial charge in [0.15, 0.2) is 0 Å². The number of rotatable bonds is 7. The minimum atomic E-state index is -0.450. The molecule has 0 saturated carbocycles. The molecule has 0 saturated heterocycles. The van der Waals surface area contributed by atoms with E-state index in [9.17, 15) is 9.59 Å². The van der Waals surface area contributed by atoms with Gasteiger partial charge in [0.2, 0.25) is 5.91 Å². The maximum absolute atomic E-state index is 13.1. The number of hydrogen-bond acceptors (Lipinski definition) is 4. The van der Waals surface area contributed by atoms with Gasteiger partial charge in [0, 0.05) is 30.2 Å². The second-order valence-electron chi connectivity index (χ2n) is 7.31. The summed E-state index contributed by atoms with van der Waals surface area (Å²) in [7, 11) is 1.55. The summed E-state index contributed by atoms with van der Waals surface area (Å²) in [5.74, 6) is -0.944. The Morgan fingerprint density at radius 3 is 2.50 bits per heavy atom. The van der Waals surface area contributed by atoms with Crippen molar-refractivity contribution < 1.29 is 19.1 Å². The largest absolute Gasteiger partial charge is 0.460 e. The maximum Gasteiger partial charge on any atom is 0.336 e. The summed E-state index contributed by atoms with van der Waals surface area (Å²) in [5, 5.41) is 0.526. The molecule has 1 heterocycles. The lowest BCUT2D eigenvalue weighted by atomic mass is 9.83. The van der Waals surface area contributed by atoms with Crippen molar-refractivity contribution in [1.29, 1.82) is 0 Å². The van der Waals surface area contributed by atoms with Crippen molar-refractivity contribution in [2.75, 3.05) is 20.3 Å². The van der Waals surface area contributed by atoms with Crippen LogP contribution in [0, 0.1) is 6.92 Å². The number of carbonyl (C=O) groups is 2. The van der Waals surface area contributed by atoms with Gasteiger partial charge in [0.05, 0.1) is 18.7 Å². The fourth-order valence-electron chi connectivity index (χ4n) is 3.74. The van der Waals surface area contributed by atoms with E-state index in [0.717, 1.165) is 16.7 Å². The van der Waals surface area contributed by atoms with E-state index in [4.69, 9.17) is 21.1 Å². The third-order valence-electron chi connectivity index (χ3n) is 5.43. The molecule has 2 aromatic rings. The lowest BCUT2D eigenvalue weighted by Crippen LogP contribution is -2.38. The minimum Gasteiger partial charge on any atom is -0.460 e. The van der Waals surface area contributed by atoms with Crippen molar-refractivity contribution in [3.05, 3.63) is 81.5 Å². The van der Waals surface area contributed by atoms with Crippen molar-refractivity contribution in [3.8, 4) is 0 Å². The fraction of sp³-hybridized carbons (Fsp3) is 0.333. The van der Waals surface area contributed by atoms with Crippen LogP contribution in [-0.2, 0) is 25.6 Å². The van der Waals surface area contributed by atoms with Gasteiger partial charge in [-0.25, -0.2) is 4.79 Å². The highest BCUT2D eigenvalue weighted by Crippen LogP contribution is 2.40. The molecule has 0 fully saturated rings. The topological polar surface area (TPSA) is 55.8 Å². The van der Waals surface area contributed by atoms with Crippen LogP contribution in [0.1, 0.15) is 36.0 Å². The molecular formula is C24H26ClNO4. The molecular weight excluding hydrogens is 402 g/mol. The van der Waals surface area contributed by atoms with Crippen molar-refractivity contribution in [2.24, 2.45) is 0 Å². The van der Waals surface area contributed by atoms with E-state index < -0.39 is 11.9 Å². The van der Waals surface area contributed by atoms with Gasteiger partial charge in [0.1, 0.15) is 6.61 Å². The third-order valence-corrected chi connectivity index (χ3v) is 5.78. The summed E-state index contributed by atoms with van der Waals surface area (Å²) in [5.41, 5.74) is 3.94. The summed E-state index contributed by atoms with van der Waals surface area (Å²) in [6, 6.07) is 15.2. The zero-order valence-electron chi connectivity index (χ0n) is 17.5. The van der Waals surface area contributed by atoms with Crippen LogP contribution >= 0.6 is 11.6 Å². The average molecular weight is 428 g/mol. The highest BCUT2D eigenvalue weighted by Gasteiger charge is 2.37. The molecule has 30 heavy (non-hydrogen) atoms. The number of carbonyl (C=O) groups excluding carboxylic acids is 2. The van der Waals surface area contributed by atoms with Crippen molar-refractivity contribution in [2.45, 2.75) is 32.7 Å². The number of allylic oxidation sites excluding steroid dienone is 1. The number of halogens is 1. The average Bonchev–Trinajstić information content (AvgIpc) is 2.72. The first kappa shape index (κ1) is 22.1. The Morgan fingerprint density at radius 2 is 1.80 bits per heavy atom. The standard InChI is InChI=1S/C24H26ClNO4/c1-16-8-4-5-9-18(16)15-26-17(2)23(24(28)30-13-12-29-3)20(14-22(26)27)19-10-6-7-11-21(19)25/h4-11,20H,12-15H2,1-3H3. The third kappa shape index (κ3) is 4.74. The molecule has 1 aliphatic heterocycles. The predicted octanol–water partition coefficient (Wildman–Crippen LogP) is 4.63. The van der Waals surface area contributed by atoms with Gasteiger partial charge in [-0.3, -0.25) is 4.79 Å². The van der Waals surface area contributed by atoms with Crippen LogP contribution in [0.4, 0.5) is 0 Å². The fourth-order valence-corrected chi connectivity index (χ4v) is 4.01. The highest BCUT2D eigenvalue weighted by molar-refractivity contribution is 6.31. The molecule has 2 aromatic carbocycles. The smallest absolute Gasteiger partial charge is 0.336 e. The number of hydrogen-bond donors (Lipinski definition) is 0. The molecule has 1 atom stereocenters. The molecule has 0 N–H and O–H groups in total. The molecule has 0 bridgehead atoms. The van der Waals surface area contributed by atoms with Gasteiger partial charge in [-0.15, -0.1) is 0 Å². The van der Waals surface area contributed by atoms with Crippen LogP contribution in [-0.4, -0.2) is 37.1 Å². The number of nitrogens with zero attached hydrogens (tertiary/aromatic N) is 1. The number of ether oxygens (including phenoxy) is 2. The molecule has 1 aliphatic rings. The van der Waals surface area contributed by atoms with E-state index in [1.54, 1.807) is 25.0 Å². The molecule has 1 amide bonds. The van der Waals surface area contributed by atoms with Crippen molar-refractivity contribution in [3.63, 3.8) is 0 Å². The summed E-state index contributed by atoms with van der Waals surface area (Å²) in [6.45, 7) is 4.66. The molecule has 158 valence electrons. The number of amides is 1. The summed E-state index contributed by atoms with van der Waals surface area (Å²) >= 11 is 6.42. The highest BCUT2D eigenvalue weighted by atomic mass is 35.5. The van der Waals surface area contributed by atoms with Gasteiger partial charge in [-0.05, 0) is 36.6 Å². The minimum absolute atomic E-state index is 0.0471. The molecule has 0 spiro atoms. The van der Waals surface area contributed by atoms with Crippen LogP contribution in [0.25, 0.3) is 0 Å². The Morgan fingerprint density at radius 1 is 1.10 bits per heavy atom. The molecule has 0 radical (unpaired) electrons. The monoisotopic (exact) mass is 427 g/mol. The molecule has 3 rings (SSSR count). The second kappa shape index (κ2) is 9.92. The van der Waals surface area contributed by atoms with E-state index in [-0.39, 0.29) is 18.9 Å². The number of methoxy groups -OCH3 is 1. The van der Waals surface area contributed by atoms with Gasteiger partial charge in [-0.2, -0.15) is 0 Å². The predicted molar refractivity (Wildman–Crippen MR) is 116 cm³/mol. The number of esters is 1. The van der Waals surface area contributed by atoms with Crippen LogP contribution in [0.3, 0.4) is 0 Å². The number of benzene rings is 2. The Hall–Kier alpha value is -2.63. The lowest BCUT2D eigenvalue weighted by molar-refractivity contribution is -0.141. The van der Waals surface area contributed by atoms with Gasteiger partial charge < -0.3 is 14.4 Å².